The number of imidazole rings is 1. The lowest BCUT2D eigenvalue weighted by molar-refractivity contribution is 0.0706. The Morgan fingerprint density at radius 3 is 2.25 bits per heavy atom. The predicted molar refractivity (Wildman–Crippen MR) is 149 cm³/mol. The first-order valence-electron chi connectivity index (χ1n) is 13.0. The summed E-state index contributed by atoms with van der Waals surface area (Å²) in [6.45, 7) is 4.86. The van der Waals surface area contributed by atoms with Crippen molar-refractivity contribution in [3.05, 3.63) is 94.6 Å². The van der Waals surface area contributed by atoms with Crippen LogP contribution in [0.1, 0.15) is 34.0 Å². The van der Waals surface area contributed by atoms with E-state index >= 15 is 0 Å². The number of carbonyl (C=O) groups excluding carboxylic acids is 1. The number of nitrogens with zero attached hydrogens (tertiary/aromatic N) is 3. The summed E-state index contributed by atoms with van der Waals surface area (Å²) in [7, 11) is 5.00. The first-order valence-corrected chi connectivity index (χ1v) is 13.0. The molecule has 208 valence electrons. The lowest BCUT2D eigenvalue weighted by atomic mass is 9.94. The summed E-state index contributed by atoms with van der Waals surface area (Å²) < 4.78 is 34.8. The molecule has 0 fully saturated rings. The highest BCUT2D eigenvalue weighted by atomic mass is 19.1. The van der Waals surface area contributed by atoms with Gasteiger partial charge in [0.15, 0.2) is 0 Å². The molecule has 0 radical (unpaired) electrons. The van der Waals surface area contributed by atoms with E-state index in [0.29, 0.717) is 48.1 Å². The highest BCUT2D eigenvalue weighted by Gasteiger charge is 2.30. The minimum atomic E-state index is -0.326. The Hall–Kier alpha value is -4.53. The SMILES string of the molecule is COc1cc(CN2C[C@H](C)Oc3c(cc(Cn4ccn(C)c4=N)cc3-c3ccc(F)cc3C)C2=O)cc(OC)c1. The maximum atomic E-state index is 14.2. The summed E-state index contributed by atoms with van der Waals surface area (Å²) in [5, 5.41) is 8.38. The number of hydrogen-bond donors (Lipinski definition) is 1. The summed E-state index contributed by atoms with van der Waals surface area (Å²) in [6, 6.07) is 14.0. The van der Waals surface area contributed by atoms with Gasteiger partial charge in [-0.15, -0.1) is 0 Å². The van der Waals surface area contributed by atoms with Gasteiger partial charge in [-0.2, -0.15) is 0 Å². The summed E-state index contributed by atoms with van der Waals surface area (Å²) in [6.07, 6.45) is 3.35. The van der Waals surface area contributed by atoms with Crippen molar-refractivity contribution in [1.82, 2.24) is 14.0 Å². The van der Waals surface area contributed by atoms with Crippen molar-refractivity contribution < 1.29 is 23.4 Å². The first-order chi connectivity index (χ1) is 19.2. The van der Waals surface area contributed by atoms with Crippen LogP contribution in [0.3, 0.4) is 0 Å². The Morgan fingerprint density at radius 1 is 0.950 bits per heavy atom. The average Bonchev–Trinajstić information content (AvgIpc) is 3.18. The topological polar surface area (TPSA) is 81.7 Å². The van der Waals surface area contributed by atoms with Crippen LogP contribution in [0.25, 0.3) is 11.1 Å². The Morgan fingerprint density at radius 2 is 1.62 bits per heavy atom. The van der Waals surface area contributed by atoms with Crippen molar-refractivity contribution in [1.29, 1.82) is 5.41 Å². The van der Waals surface area contributed by atoms with Crippen LogP contribution in [0.15, 0.2) is 60.9 Å². The Kier molecular flexibility index (Phi) is 7.38. The number of fused-ring (bicyclic) bond motifs is 1. The summed E-state index contributed by atoms with van der Waals surface area (Å²) >= 11 is 0. The van der Waals surface area contributed by atoms with Gasteiger partial charge in [0.25, 0.3) is 5.91 Å². The second-order valence-corrected chi connectivity index (χ2v) is 10.2. The van der Waals surface area contributed by atoms with Crippen molar-refractivity contribution in [2.45, 2.75) is 33.0 Å². The molecule has 2 heterocycles. The van der Waals surface area contributed by atoms with E-state index in [1.54, 1.807) is 40.4 Å². The number of aryl methyl sites for hydroxylation is 2. The van der Waals surface area contributed by atoms with Crippen molar-refractivity contribution >= 4 is 5.91 Å². The number of benzene rings is 3. The molecule has 8 nitrogen and oxygen atoms in total. The molecular weight excluding hydrogens is 511 g/mol. The summed E-state index contributed by atoms with van der Waals surface area (Å²) in [5.74, 6) is 1.26. The second kappa shape index (κ2) is 10.9. The van der Waals surface area contributed by atoms with Gasteiger partial charge >= 0.3 is 0 Å². The number of halogens is 1. The predicted octanol–water partition coefficient (Wildman–Crippen LogP) is 4.91. The Balaban J connectivity index is 1.63. The lowest BCUT2D eigenvalue weighted by Gasteiger charge is -2.23. The number of nitrogens with one attached hydrogen (secondary N) is 1. The fraction of sp³-hybridized carbons (Fsp3) is 0.290. The van der Waals surface area contributed by atoms with E-state index in [4.69, 9.17) is 19.6 Å². The van der Waals surface area contributed by atoms with Gasteiger partial charge in [0.05, 0.1) is 32.9 Å². The number of carbonyl (C=O) groups is 1. The molecule has 4 aromatic rings. The van der Waals surface area contributed by atoms with Crippen LogP contribution in [-0.4, -0.2) is 46.8 Å². The average molecular weight is 545 g/mol. The summed E-state index contributed by atoms with van der Waals surface area (Å²) in [4.78, 5) is 15.9. The van der Waals surface area contributed by atoms with Gasteiger partial charge < -0.3 is 28.2 Å². The van der Waals surface area contributed by atoms with E-state index in [2.05, 4.69) is 0 Å². The normalized spacial score (nSPS) is 14.9. The number of ether oxygens (including phenoxy) is 3. The van der Waals surface area contributed by atoms with E-state index in [1.165, 1.54) is 12.1 Å². The minimum absolute atomic E-state index is 0.173. The largest absolute Gasteiger partial charge is 0.497 e. The van der Waals surface area contributed by atoms with Gasteiger partial charge in [0.1, 0.15) is 29.2 Å². The molecule has 1 atom stereocenters. The van der Waals surface area contributed by atoms with Gasteiger partial charge in [-0.25, -0.2) is 4.39 Å². The molecule has 9 heteroatoms. The zero-order valence-corrected chi connectivity index (χ0v) is 23.3. The maximum Gasteiger partial charge on any atom is 0.258 e. The van der Waals surface area contributed by atoms with E-state index in [1.807, 2.05) is 57.6 Å². The molecule has 0 saturated carbocycles. The molecule has 5 rings (SSSR count). The quantitative estimate of drug-likeness (QED) is 0.359. The Bertz CT molecular complexity index is 1620. The summed E-state index contributed by atoms with van der Waals surface area (Å²) in [5.41, 5.74) is 4.70. The van der Waals surface area contributed by atoms with Crippen LogP contribution >= 0.6 is 0 Å². The zero-order valence-electron chi connectivity index (χ0n) is 23.3. The lowest BCUT2D eigenvalue weighted by Crippen LogP contribution is -2.35. The van der Waals surface area contributed by atoms with E-state index in [-0.39, 0.29) is 17.8 Å². The second-order valence-electron chi connectivity index (χ2n) is 10.2. The van der Waals surface area contributed by atoms with Crippen LogP contribution in [0, 0.1) is 18.2 Å². The minimum Gasteiger partial charge on any atom is -0.497 e. The van der Waals surface area contributed by atoms with E-state index in [9.17, 15) is 9.18 Å². The molecule has 1 aromatic heterocycles. The molecule has 40 heavy (non-hydrogen) atoms. The molecule has 3 aromatic carbocycles. The third kappa shape index (κ3) is 5.32. The number of methoxy groups -OCH3 is 2. The number of amides is 1. The van der Waals surface area contributed by atoms with Crippen molar-refractivity contribution in [3.63, 3.8) is 0 Å². The highest BCUT2D eigenvalue weighted by Crippen LogP contribution is 2.40. The maximum absolute atomic E-state index is 14.2. The molecule has 1 amide bonds. The van der Waals surface area contributed by atoms with Crippen LogP contribution in [-0.2, 0) is 20.1 Å². The van der Waals surface area contributed by atoms with Crippen molar-refractivity contribution in [2.24, 2.45) is 7.05 Å². The van der Waals surface area contributed by atoms with Gasteiger partial charge in [-0.3, -0.25) is 10.2 Å². The van der Waals surface area contributed by atoms with Gasteiger partial charge in [-0.05, 0) is 72.5 Å². The molecule has 0 unspecified atom stereocenters. The van der Waals surface area contributed by atoms with Crippen LogP contribution in [0.2, 0.25) is 0 Å². The van der Waals surface area contributed by atoms with Crippen LogP contribution < -0.4 is 19.8 Å². The standard InChI is InChI=1S/C31H33FN4O4/c1-19-10-23(32)6-7-26(19)27-13-22(17-35-9-8-34(3)31(35)33)14-28-29(27)40-20(2)16-36(30(28)37)18-21-11-24(38-4)15-25(12-21)39-5/h6-15,20,33H,16-18H2,1-5H3/t20-/m0/s1. The van der Waals surface area contributed by atoms with E-state index < -0.39 is 0 Å². The number of aromatic nitrogens is 2. The monoisotopic (exact) mass is 544 g/mol. The van der Waals surface area contributed by atoms with Gasteiger partial charge in [-0.1, -0.05) is 6.07 Å². The molecule has 0 aliphatic carbocycles. The Labute approximate surface area is 232 Å². The molecule has 1 aliphatic rings. The van der Waals surface area contributed by atoms with E-state index in [0.717, 1.165) is 27.8 Å². The smallest absolute Gasteiger partial charge is 0.258 e. The molecule has 1 aliphatic heterocycles. The third-order valence-electron chi connectivity index (χ3n) is 7.16. The fourth-order valence-electron chi connectivity index (χ4n) is 5.16. The molecule has 0 saturated heterocycles. The molecular formula is C31H33FN4O4. The van der Waals surface area contributed by atoms with Crippen LogP contribution in [0.5, 0.6) is 17.2 Å². The third-order valence-corrected chi connectivity index (χ3v) is 7.16. The molecule has 1 N–H and O–H groups in total. The van der Waals surface area contributed by atoms with Gasteiger partial charge in [0.2, 0.25) is 5.62 Å². The fourth-order valence-corrected chi connectivity index (χ4v) is 5.16. The molecule has 0 spiro atoms. The highest BCUT2D eigenvalue weighted by molar-refractivity contribution is 6.00. The van der Waals surface area contributed by atoms with Crippen molar-refractivity contribution in [3.8, 4) is 28.4 Å². The van der Waals surface area contributed by atoms with Crippen LogP contribution in [0.4, 0.5) is 4.39 Å². The van der Waals surface area contributed by atoms with Crippen molar-refractivity contribution in [2.75, 3.05) is 20.8 Å². The molecule has 0 bridgehead atoms. The number of hydrogen-bond acceptors (Lipinski definition) is 5. The van der Waals surface area contributed by atoms with Gasteiger partial charge in [0, 0.05) is 37.6 Å². The zero-order chi connectivity index (χ0) is 28.6. The first kappa shape index (κ1) is 27.1. The number of rotatable bonds is 7.